The Balaban J connectivity index is 2.39. The zero-order valence-corrected chi connectivity index (χ0v) is 12.3. The van der Waals surface area contributed by atoms with Crippen molar-refractivity contribution in [3.8, 4) is 0 Å². The van der Waals surface area contributed by atoms with Crippen LogP contribution in [-0.2, 0) is 11.2 Å². The SMILES string of the molecule is CCc1cc(C(=O)NCCCCCOC)cc(Cl)n1. The van der Waals surface area contributed by atoms with Crippen molar-refractivity contribution in [2.45, 2.75) is 32.6 Å². The number of carbonyl (C=O) groups is 1. The van der Waals surface area contributed by atoms with Crippen molar-refractivity contribution in [2.24, 2.45) is 0 Å². The van der Waals surface area contributed by atoms with Crippen molar-refractivity contribution in [3.63, 3.8) is 0 Å². The molecule has 0 spiro atoms. The molecular weight excluding hydrogens is 264 g/mol. The maximum Gasteiger partial charge on any atom is 0.251 e. The molecule has 1 aromatic heterocycles. The lowest BCUT2D eigenvalue weighted by atomic mass is 10.2. The fourth-order valence-corrected chi connectivity index (χ4v) is 1.94. The van der Waals surface area contributed by atoms with Crippen LogP contribution in [-0.4, -0.2) is 31.2 Å². The summed E-state index contributed by atoms with van der Waals surface area (Å²) in [5, 5.41) is 3.25. The normalized spacial score (nSPS) is 10.5. The van der Waals surface area contributed by atoms with E-state index in [0.29, 0.717) is 17.3 Å². The van der Waals surface area contributed by atoms with Gasteiger partial charge in [-0.15, -0.1) is 0 Å². The molecule has 0 aromatic carbocycles. The first-order chi connectivity index (χ1) is 9.17. The Morgan fingerprint density at radius 2 is 2.16 bits per heavy atom. The van der Waals surface area contributed by atoms with Gasteiger partial charge in [-0.25, -0.2) is 4.98 Å². The van der Waals surface area contributed by atoms with Gasteiger partial charge in [0, 0.05) is 31.5 Å². The second-order valence-electron chi connectivity index (χ2n) is 4.33. The highest BCUT2D eigenvalue weighted by atomic mass is 35.5. The Labute approximate surface area is 119 Å². The summed E-state index contributed by atoms with van der Waals surface area (Å²) in [6, 6.07) is 3.38. The number of halogens is 1. The topological polar surface area (TPSA) is 51.2 Å². The van der Waals surface area contributed by atoms with E-state index in [4.69, 9.17) is 16.3 Å². The fourth-order valence-electron chi connectivity index (χ4n) is 1.72. The van der Waals surface area contributed by atoms with Crippen molar-refractivity contribution in [1.29, 1.82) is 0 Å². The maximum atomic E-state index is 11.9. The molecule has 0 fully saturated rings. The molecule has 0 unspecified atom stereocenters. The molecule has 4 nitrogen and oxygen atoms in total. The largest absolute Gasteiger partial charge is 0.385 e. The van der Waals surface area contributed by atoms with E-state index in [1.807, 2.05) is 6.92 Å². The lowest BCUT2D eigenvalue weighted by molar-refractivity contribution is 0.0952. The van der Waals surface area contributed by atoms with E-state index in [0.717, 1.165) is 38.0 Å². The van der Waals surface area contributed by atoms with Crippen molar-refractivity contribution in [3.05, 3.63) is 28.5 Å². The van der Waals surface area contributed by atoms with Crippen LogP contribution in [0.4, 0.5) is 0 Å². The Morgan fingerprint density at radius 1 is 1.37 bits per heavy atom. The molecule has 1 rings (SSSR count). The van der Waals surface area contributed by atoms with E-state index in [9.17, 15) is 4.79 Å². The van der Waals surface area contributed by atoms with Crippen molar-refractivity contribution < 1.29 is 9.53 Å². The Morgan fingerprint density at radius 3 is 2.84 bits per heavy atom. The van der Waals surface area contributed by atoms with E-state index < -0.39 is 0 Å². The number of aromatic nitrogens is 1. The fraction of sp³-hybridized carbons (Fsp3) is 0.571. The monoisotopic (exact) mass is 284 g/mol. The summed E-state index contributed by atoms with van der Waals surface area (Å²) in [6.45, 7) is 3.42. The van der Waals surface area contributed by atoms with Crippen LogP contribution in [0.5, 0.6) is 0 Å². The van der Waals surface area contributed by atoms with Crippen LogP contribution in [0.15, 0.2) is 12.1 Å². The zero-order chi connectivity index (χ0) is 14.1. The summed E-state index contributed by atoms with van der Waals surface area (Å²) in [5.74, 6) is -0.0919. The molecule has 0 bridgehead atoms. The van der Waals surface area contributed by atoms with Gasteiger partial charge < -0.3 is 10.1 Å². The Bertz CT molecular complexity index is 410. The maximum absolute atomic E-state index is 11.9. The second kappa shape index (κ2) is 8.88. The van der Waals surface area contributed by atoms with E-state index >= 15 is 0 Å². The number of pyridine rings is 1. The molecule has 1 N–H and O–H groups in total. The molecule has 106 valence electrons. The van der Waals surface area contributed by atoms with Gasteiger partial charge in [-0.05, 0) is 37.8 Å². The van der Waals surface area contributed by atoms with Gasteiger partial charge in [0.2, 0.25) is 0 Å². The standard InChI is InChI=1S/C14H21ClN2O2/c1-3-12-9-11(10-13(15)17-12)14(18)16-7-5-4-6-8-19-2/h9-10H,3-8H2,1-2H3,(H,16,18). The minimum absolute atomic E-state index is 0.0919. The van der Waals surface area contributed by atoms with Gasteiger partial charge in [0.05, 0.1) is 0 Å². The number of rotatable bonds is 8. The summed E-state index contributed by atoms with van der Waals surface area (Å²) in [6.07, 6.45) is 3.78. The number of methoxy groups -OCH3 is 1. The second-order valence-corrected chi connectivity index (χ2v) is 4.72. The molecule has 5 heteroatoms. The van der Waals surface area contributed by atoms with E-state index in [1.54, 1.807) is 19.2 Å². The van der Waals surface area contributed by atoms with Crippen LogP contribution >= 0.6 is 11.6 Å². The number of hydrogen-bond donors (Lipinski definition) is 1. The number of hydrogen-bond acceptors (Lipinski definition) is 3. The predicted molar refractivity (Wildman–Crippen MR) is 76.7 cm³/mol. The van der Waals surface area contributed by atoms with Gasteiger partial charge in [0.1, 0.15) is 5.15 Å². The van der Waals surface area contributed by atoms with Crippen molar-refractivity contribution in [1.82, 2.24) is 10.3 Å². The number of amides is 1. The first kappa shape index (κ1) is 15.9. The first-order valence-corrected chi connectivity index (χ1v) is 6.98. The summed E-state index contributed by atoms with van der Waals surface area (Å²) in [4.78, 5) is 16.1. The molecular formula is C14H21ClN2O2. The van der Waals surface area contributed by atoms with Gasteiger partial charge in [0.25, 0.3) is 5.91 Å². The number of carbonyl (C=O) groups excluding carboxylic acids is 1. The molecule has 1 aromatic rings. The number of nitrogens with zero attached hydrogens (tertiary/aromatic N) is 1. The smallest absolute Gasteiger partial charge is 0.251 e. The predicted octanol–water partition coefficient (Wildman–Crippen LogP) is 2.84. The number of ether oxygens (including phenoxy) is 1. The van der Waals surface area contributed by atoms with Crippen molar-refractivity contribution in [2.75, 3.05) is 20.3 Å². The van der Waals surface area contributed by atoms with Crippen molar-refractivity contribution >= 4 is 17.5 Å². The minimum atomic E-state index is -0.0919. The quantitative estimate of drug-likeness (QED) is 0.590. The third kappa shape index (κ3) is 6.03. The van der Waals surface area contributed by atoms with Crippen LogP contribution in [0.1, 0.15) is 42.2 Å². The Hall–Kier alpha value is -1.13. The number of nitrogens with one attached hydrogen (secondary N) is 1. The summed E-state index contributed by atoms with van der Waals surface area (Å²) in [7, 11) is 1.69. The van der Waals surface area contributed by atoms with Crippen LogP contribution in [0, 0.1) is 0 Å². The molecule has 0 atom stereocenters. The highest BCUT2D eigenvalue weighted by molar-refractivity contribution is 6.29. The molecule has 1 heterocycles. The van der Waals surface area contributed by atoms with Gasteiger partial charge in [-0.1, -0.05) is 18.5 Å². The molecule has 0 aliphatic heterocycles. The van der Waals surface area contributed by atoms with Gasteiger partial charge in [0.15, 0.2) is 0 Å². The third-order valence-corrected chi connectivity index (χ3v) is 2.98. The molecule has 0 saturated heterocycles. The number of aryl methyl sites for hydroxylation is 1. The highest BCUT2D eigenvalue weighted by Crippen LogP contribution is 2.11. The summed E-state index contributed by atoms with van der Waals surface area (Å²) in [5.41, 5.74) is 1.41. The zero-order valence-electron chi connectivity index (χ0n) is 11.5. The van der Waals surface area contributed by atoms with Crippen LogP contribution in [0.3, 0.4) is 0 Å². The van der Waals surface area contributed by atoms with Crippen LogP contribution < -0.4 is 5.32 Å². The molecule has 0 aliphatic carbocycles. The average molecular weight is 285 g/mol. The summed E-state index contributed by atoms with van der Waals surface area (Å²) >= 11 is 5.89. The van der Waals surface area contributed by atoms with Gasteiger partial charge in [-0.3, -0.25) is 4.79 Å². The average Bonchev–Trinajstić information content (AvgIpc) is 2.41. The lowest BCUT2D eigenvalue weighted by Gasteiger charge is -2.07. The molecule has 0 radical (unpaired) electrons. The number of unbranched alkanes of at least 4 members (excludes halogenated alkanes) is 2. The lowest BCUT2D eigenvalue weighted by Crippen LogP contribution is -2.24. The van der Waals surface area contributed by atoms with E-state index in [-0.39, 0.29) is 5.91 Å². The first-order valence-electron chi connectivity index (χ1n) is 6.61. The van der Waals surface area contributed by atoms with Gasteiger partial charge >= 0.3 is 0 Å². The van der Waals surface area contributed by atoms with Crippen LogP contribution in [0.25, 0.3) is 0 Å². The van der Waals surface area contributed by atoms with E-state index in [1.165, 1.54) is 0 Å². The summed E-state index contributed by atoms with van der Waals surface area (Å²) < 4.78 is 4.97. The minimum Gasteiger partial charge on any atom is -0.385 e. The Kier molecular flexibility index (Phi) is 7.45. The molecule has 19 heavy (non-hydrogen) atoms. The molecule has 0 saturated carbocycles. The molecule has 0 aliphatic rings. The highest BCUT2D eigenvalue weighted by Gasteiger charge is 2.08. The van der Waals surface area contributed by atoms with E-state index in [2.05, 4.69) is 10.3 Å². The van der Waals surface area contributed by atoms with Crippen LogP contribution in [0.2, 0.25) is 5.15 Å². The third-order valence-electron chi connectivity index (χ3n) is 2.78. The van der Waals surface area contributed by atoms with Gasteiger partial charge in [-0.2, -0.15) is 0 Å². The molecule has 1 amide bonds.